The van der Waals surface area contributed by atoms with E-state index in [0.29, 0.717) is 23.7 Å². The molecule has 0 spiro atoms. The summed E-state index contributed by atoms with van der Waals surface area (Å²) >= 11 is 3.87. The summed E-state index contributed by atoms with van der Waals surface area (Å²) in [6.07, 6.45) is 9.66. The highest BCUT2D eigenvalue weighted by Crippen LogP contribution is 2.58. The van der Waals surface area contributed by atoms with Gasteiger partial charge >= 0.3 is 0 Å². The molecule has 0 radical (unpaired) electrons. The van der Waals surface area contributed by atoms with Gasteiger partial charge in [-0.25, -0.2) is 0 Å². The lowest BCUT2D eigenvalue weighted by Gasteiger charge is -2.37. The van der Waals surface area contributed by atoms with E-state index in [1.54, 1.807) is 16.7 Å². The first-order valence-corrected chi connectivity index (χ1v) is 19.6. The minimum absolute atomic E-state index is 0.0269. The van der Waals surface area contributed by atoms with Crippen molar-refractivity contribution < 1.29 is 0 Å². The van der Waals surface area contributed by atoms with Crippen LogP contribution >= 0.6 is 15.9 Å². The number of benzene rings is 4. The summed E-state index contributed by atoms with van der Waals surface area (Å²) in [5.41, 5.74) is 14.8. The molecule has 0 unspecified atom stereocenters. The van der Waals surface area contributed by atoms with Crippen molar-refractivity contribution in [1.29, 1.82) is 0 Å². The number of rotatable bonds is 13. The lowest BCUT2D eigenvalue weighted by atomic mass is 9.66. The first kappa shape index (κ1) is 34.2. The van der Waals surface area contributed by atoms with Gasteiger partial charge in [0.25, 0.3) is 0 Å². The summed E-state index contributed by atoms with van der Waals surface area (Å²) in [6, 6.07) is 31.4. The zero-order valence-electron chi connectivity index (χ0n) is 30.3. The molecule has 0 nitrogen and oxygen atoms in total. The second-order valence-electron chi connectivity index (χ2n) is 15.8. The van der Waals surface area contributed by atoms with Crippen LogP contribution < -0.4 is 0 Å². The smallest absolute Gasteiger partial charge is 0.0220 e. The Balaban J connectivity index is 1.55. The zero-order chi connectivity index (χ0) is 33.5. The SMILES string of the molecule is CC[C@H](C)CC1(C[C@@H](C)CC)c2ccccc2-c2ccc(-c3ccc4c(c3)C(C[C@@H](C)CC)(C[C@@H](C)CC)c3cc(Br)ccc3-4)cc21. The quantitative estimate of drug-likeness (QED) is 0.131. The Kier molecular flexibility index (Phi) is 9.98. The molecule has 0 saturated heterocycles. The molecule has 4 aromatic rings. The van der Waals surface area contributed by atoms with Crippen LogP contribution in [0.3, 0.4) is 0 Å². The van der Waals surface area contributed by atoms with Crippen molar-refractivity contribution in [1.82, 2.24) is 0 Å². The molecular weight excluding hydrogens is 632 g/mol. The Hall–Kier alpha value is -2.64. The number of fused-ring (bicyclic) bond motifs is 6. The molecule has 0 aliphatic heterocycles. The van der Waals surface area contributed by atoms with E-state index in [1.165, 1.54) is 94.8 Å². The summed E-state index contributed by atoms with van der Waals surface area (Å²) in [5, 5.41) is 0. The lowest BCUT2D eigenvalue weighted by molar-refractivity contribution is 0.308. The van der Waals surface area contributed by atoms with Crippen LogP contribution in [0.4, 0.5) is 0 Å². The van der Waals surface area contributed by atoms with Crippen molar-refractivity contribution in [2.45, 2.75) is 118 Å². The maximum atomic E-state index is 3.87. The summed E-state index contributed by atoms with van der Waals surface area (Å²) < 4.78 is 1.19. The maximum absolute atomic E-state index is 3.87. The van der Waals surface area contributed by atoms with E-state index in [9.17, 15) is 0 Å². The molecule has 47 heavy (non-hydrogen) atoms. The van der Waals surface area contributed by atoms with Crippen LogP contribution in [-0.2, 0) is 10.8 Å². The van der Waals surface area contributed by atoms with Crippen molar-refractivity contribution in [3.8, 4) is 33.4 Å². The van der Waals surface area contributed by atoms with Gasteiger partial charge in [0.05, 0.1) is 0 Å². The molecule has 248 valence electrons. The first-order chi connectivity index (χ1) is 22.6. The van der Waals surface area contributed by atoms with Gasteiger partial charge in [-0.15, -0.1) is 0 Å². The molecule has 0 bridgehead atoms. The highest BCUT2D eigenvalue weighted by atomic mass is 79.9. The molecule has 1 heteroatoms. The van der Waals surface area contributed by atoms with Gasteiger partial charge in [-0.2, -0.15) is 0 Å². The topological polar surface area (TPSA) is 0 Å². The molecule has 6 rings (SSSR count). The van der Waals surface area contributed by atoms with E-state index in [0.717, 1.165) is 0 Å². The number of hydrogen-bond acceptors (Lipinski definition) is 0. The van der Waals surface area contributed by atoms with Crippen LogP contribution in [0.25, 0.3) is 33.4 Å². The van der Waals surface area contributed by atoms with Crippen molar-refractivity contribution in [2.75, 3.05) is 0 Å². The fourth-order valence-electron chi connectivity index (χ4n) is 9.29. The average molecular weight is 690 g/mol. The third-order valence-electron chi connectivity index (χ3n) is 12.5. The predicted octanol–water partition coefficient (Wildman–Crippen LogP) is 14.4. The molecule has 0 heterocycles. The highest BCUT2D eigenvalue weighted by Gasteiger charge is 2.46. The van der Waals surface area contributed by atoms with Gasteiger partial charge in [0.2, 0.25) is 0 Å². The van der Waals surface area contributed by atoms with Crippen molar-refractivity contribution >= 4 is 15.9 Å². The van der Waals surface area contributed by atoms with Crippen LogP contribution in [0.15, 0.2) is 83.3 Å². The third-order valence-corrected chi connectivity index (χ3v) is 13.0. The molecule has 2 aliphatic carbocycles. The van der Waals surface area contributed by atoms with E-state index in [4.69, 9.17) is 0 Å². The summed E-state index contributed by atoms with van der Waals surface area (Å²) in [4.78, 5) is 0. The minimum Gasteiger partial charge on any atom is -0.0651 e. The second kappa shape index (κ2) is 13.7. The molecule has 0 saturated carbocycles. The van der Waals surface area contributed by atoms with E-state index in [2.05, 4.69) is 150 Å². The normalized spacial score (nSPS) is 17.7. The van der Waals surface area contributed by atoms with E-state index < -0.39 is 0 Å². The van der Waals surface area contributed by atoms with Crippen LogP contribution in [0, 0.1) is 23.7 Å². The molecule has 0 N–H and O–H groups in total. The fraction of sp³-hybridized carbons (Fsp3) is 0.478. The Morgan fingerprint density at radius 2 is 0.809 bits per heavy atom. The Morgan fingerprint density at radius 3 is 1.26 bits per heavy atom. The number of hydrogen-bond donors (Lipinski definition) is 0. The second-order valence-corrected chi connectivity index (χ2v) is 16.7. The van der Waals surface area contributed by atoms with Gasteiger partial charge in [-0.05, 0) is 129 Å². The maximum Gasteiger partial charge on any atom is 0.0220 e. The van der Waals surface area contributed by atoms with E-state index in [1.807, 2.05) is 0 Å². The predicted molar refractivity (Wildman–Crippen MR) is 208 cm³/mol. The molecule has 4 atom stereocenters. The largest absolute Gasteiger partial charge is 0.0651 e. The van der Waals surface area contributed by atoms with Gasteiger partial charge in [0.1, 0.15) is 0 Å². The van der Waals surface area contributed by atoms with E-state index in [-0.39, 0.29) is 10.8 Å². The van der Waals surface area contributed by atoms with Crippen molar-refractivity contribution in [2.24, 2.45) is 23.7 Å². The van der Waals surface area contributed by atoms with Gasteiger partial charge < -0.3 is 0 Å². The lowest BCUT2D eigenvalue weighted by Crippen LogP contribution is -2.30. The minimum atomic E-state index is 0.0269. The van der Waals surface area contributed by atoms with Crippen LogP contribution in [-0.4, -0.2) is 0 Å². The Labute approximate surface area is 294 Å². The fourth-order valence-corrected chi connectivity index (χ4v) is 9.65. The monoisotopic (exact) mass is 688 g/mol. The van der Waals surface area contributed by atoms with Gasteiger partial charge in [-0.1, -0.05) is 152 Å². The van der Waals surface area contributed by atoms with E-state index >= 15 is 0 Å². The van der Waals surface area contributed by atoms with Crippen LogP contribution in [0.1, 0.15) is 129 Å². The summed E-state index contributed by atoms with van der Waals surface area (Å²) in [5.74, 6) is 2.64. The molecule has 0 amide bonds. The van der Waals surface area contributed by atoms with Crippen molar-refractivity contribution in [3.63, 3.8) is 0 Å². The Bertz CT molecular complexity index is 1700. The molecule has 4 aromatic carbocycles. The summed E-state index contributed by atoms with van der Waals surface area (Å²) in [7, 11) is 0. The third kappa shape index (κ3) is 5.98. The Morgan fingerprint density at radius 1 is 0.447 bits per heavy atom. The van der Waals surface area contributed by atoms with Gasteiger partial charge in [0, 0.05) is 15.3 Å². The molecule has 2 aliphatic rings. The first-order valence-electron chi connectivity index (χ1n) is 18.8. The standard InChI is InChI=1S/C46H57Br/c1-9-30(5)26-45(27-31(6)10-2)41-16-14-13-15-37(41)38-20-17-34(23-42(38)45)35-18-21-39-40-22-19-36(47)25-44(40)46(43(39)24-35,28-32(7)11-3)29-33(8)12-4/h13-25,30-33H,9-12,26-29H2,1-8H3/t30-,31-,32-,33-/m0/s1. The summed E-state index contributed by atoms with van der Waals surface area (Å²) in [6.45, 7) is 19.3. The van der Waals surface area contributed by atoms with Gasteiger partial charge in [-0.3, -0.25) is 0 Å². The molecular formula is C46H57Br. The van der Waals surface area contributed by atoms with Crippen LogP contribution in [0.2, 0.25) is 0 Å². The van der Waals surface area contributed by atoms with Crippen molar-refractivity contribution in [3.05, 3.63) is 106 Å². The average Bonchev–Trinajstić information content (AvgIpc) is 3.49. The number of halogens is 1. The molecule has 0 aromatic heterocycles. The zero-order valence-corrected chi connectivity index (χ0v) is 31.9. The highest BCUT2D eigenvalue weighted by molar-refractivity contribution is 9.10. The molecule has 0 fully saturated rings. The van der Waals surface area contributed by atoms with Crippen LogP contribution in [0.5, 0.6) is 0 Å². The van der Waals surface area contributed by atoms with Gasteiger partial charge in [0.15, 0.2) is 0 Å².